The second-order valence-corrected chi connectivity index (χ2v) is 3.18. The fourth-order valence-corrected chi connectivity index (χ4v) is 1.24. The third-order valence-corrected chi connectivity index (χ3v) is 2.00. The molecule has 1 aromatic heterocycles. The molecular weight excluding hydrogens is 207 g/mol. The summed E-state index contributed by atoms with van der Waals surface area (Å²) in [6.45, 7) is 3.03. The van der Waals surface area contributed by atoms with Gasteiger partial charge in [-0.2, -0.15) is 18.3 Å². The van der Waals surface area contributed by atoms with Gasteiger partial charge < -0.3 is 5.32 Å². The van der Waals surface area contributed by atoms with Gasteiger partial charge in [0.1, 0.15) is 0 Å². The van der Waals surface area contributed by atoms with Crippen LogP contribution in [0.4, 0.5) is 13.2 Å². The summed E-state index contributed by atoms with van der Waals surface area (Å²) in [6, 6.07) is 1.80. The van der Waals surface area contributed by atoms with E-state index in [1.807, 2.05) is 6.92 Å². The molecule has 0 radical (unpaired) electrons. The van der Waals surface area contributed by atoms with Crippen LogP contribution in [0.2, 0.25) is 0 Å². The van der Waals surface area contributed by atoms with E-state index in [0.717, 1.165) is 12.2 Å². The molecule has 0 aliphatic carbocycles. The summed E-state index contributed by atoms with van der Waals surface area (Å²) in [5.74, 6) is 0. The predicted octanol–water partition coefficient (Wildman–Crippen LogP) is 1.95. The van der Waals surface area contributed by atoms with E-state index in [4.69, 9.17) is 0 Å². The normalized spacial score (nSPS) is 12.0. The van der Waals surface area contributed by atoms with Crippen LogP contribution in [0.3, 0.4) is 0 Å². The van der Waals surface area contributed by atoms with Crippen molar-refractivity contribution >= 4 is 0 Å². The Bertz CT molecular complexity index is 293. The first-order chi connectivity index (χ1) is 7.03. The molecule has 0 aliphatic heterocycles. The average Bonchev–Trinajstić information content (AvgIpc) is 2.58. The molecule has 0 amide bonds. The number of hydrogen-bond acceptors (Lipinski definition) is 2. The lowest BCUT2D eigenvalue weighted by molar-refractivity contribution is -0.133. The Kier molecular flexibility index (Phi) is 4.14. The van der Waals surface area contributed by atoms with Gasteiger partial charge in [0, 0.05) is 25.8 Å². The van der Waals surface area contributed by atoms with Crippen LogP contribution in [-0.2, 0) is 13.1 Å². The molecular formula is C9H14F3N3. The van der Waals surface area contributed by atoms with E-state index < -0.39 is 12.6 Å². The van der Waals surface area contributed by atoms with Gasteiger partial charge in [-0.1, -0.05) is 0 Å². The van der Waals surface area contributed by atoms with Crippen molar-refractivity contribution in [2.24, 2.45) is 0 Å². The van der Waals surface area contributed by atoms with Crippen molar-refractivity contribution in [3.63, 3.8) is 0 Å². The minimum atomic E-state index is -4.09. The number of nitrogens with zero attached hydrogens (tertiary/aromatic N) is 2. The summed E-state index contributed by atoms with van der Waals surface area (Å²) in [7, 11) is 0. The van der Waals surface area contributed by atoms with Crippen LogP contribution in [0.25, 0.3) is 0 Å². The lowest BCUT2D eigenvalue weighted by Crippen LogP contribution is -2.22. The van der Waals surface area contributed by atoms with Crippen LogP contribution in [-0.4, -0.2) is 22.5 Å². The molecule has 86 valence electrons. The van der Waals surface area contributed by atoms with Crippen molar-refractivity contribution in [3.8, 4) is 0 Å². The summed E-state index contributed by atoms with van der Waals surface area (Å²) in [6.07, 6.45) is -3.24. The van der Waals surface area contributed by atoms with Crippen LogP contribution in [0.5, 0.6) is 0 Å². The highest BCUT2D eigenvalue weighted by molar-refractivity contribution is 4.99. The van der Waals surface area contributed by atoms with Crippen molar-refractivity contribution in [3.05, 3.63) is 18.0 Å². The van der Waals surface area contributed by atoms with Gasteiger partial charge in [0.2, 0.25) is 0 Å². The molecule has 0 fully saturated rings. The molecule has 1 rings (SSSR count). The molecule has 3 nitrogen and oxygen atoms in total. The minimum Gasteiger partial charge on any atom is -0.311 e. The lowest BCUT2D eigenvalue weighted by Gasteiger charge is -2.08. The largest absolute Gasteiger partial charge is 0.390 e. The molecule has 1 aromatic rings. The van der Waals surface area contributed by atoms with Gasteiger partial charge in [-0.15, -0.1) is 0 Å². The number of aryl methyl sites for hydroxylation is 1. The van der Waals surface area contributed by atoms with E-state index in [-0.39, 0.29) is 6.54 Å². The number of alkyl halides is 3. The van der Waals surface area contributed by atoms with Gasteiger partial charge in [-0.25, -0.2) is 0 Å². The lowest BCUT2D eigenvalue weighted by atomic mass is 10.3. The highest BCUT2D eigenvalue weighted by Crippen LogP contribution is 2.18. The van der Waals surface area contributed by atoms with Crippen LogP contribution >= 0.6 is 0 Å². The minimum absolute atomic E-state index is 0.0571. The quantitative estimate of drug-likeness (QED) is 0.770. The number of aromatic nitrogens is 2. The van der Waals surface area contributed by atoms with Crippen molar-refractivity contribution in [2.45, 2.75) is 32.6 Å². The van der Waals surface area contributed by atoms with E-state index in [1.165, 1.54) is 0 Å². The van der Waals surface area contributed by atoms with Gasteiger partial charge in [0.25, 0.3) is 0 Å². The van der Waals surface area contributed by atoms with Gasteiger partial charge in [-0.05, 0) is 13.0 Å². The zero-order chi connectivity index (χ0) is 11.3. The molecule has 0 bridgehead atoms. The van der Waals surface area contributed by atoms with Gasteiger partial charge in [0.05, 0.1) is 12.1 Å². The highest BCUT2D eigenvalue weighted by atomic mass is 19.4. The maximum Gasteiger partial charge on any atom is 0.390 e. The SMILES string of the molecule is CCn1nccc1CNCCC(F)(F)F. The van der Waals surface area contributed by atoms with Crippen LogP contribution in [0.15, 0.2) is 12.3 Å². The third-order valence-electron chi connectivity index (χ3n) is 2.00. The molecule has 0 saturated heterocycles. The van der Waals surface area contributed by atoms with Gasteiger partial charge >= 0.3 is 6.18 Å². The summed E-state index contributed by atoms with van der Waals surface area (Å²) >= 11 is 0. The van der Waals surface area contributed by atoms with Gasteiger partial charge in [0.15, 0.2) is 0 Å². The van der Waals surface area contributed by atoms with Crippen molar-refractivity contribution in [1.82, 2.24) is 15.1 Å². The Hall–Kier alpha value is -1.04. The Morgan fingerprint density at radius 2 is 2.20 bits per heavy atom. The molecule has 0 aliphatic rings. The van der Waals surface area contributed by atoms with Crippen molar-refractivity contribution in [2.75, 3.05) is 6.54 Å². The highest BCUT2D eigenvalue weighted by Gasteiger charge is 2.25. The van der Waals surface area contributed by atoms with E-state index in [2.05, 4.69) is 10.4 Å². The predicted molar refractivity (Wildman–Crippen MR) is 50.3 cm³/mol. The molecule has 1 N–H and O–H groups in total. The Morgan fingerprint density at radius 3 is 2.80 bits per heavy atom. The number of hydrogen-bond donors (Lipinski definition) is 1. The fourth-order valence-electron chi connectivity index (χ4n) is 1.24. The van der Waals surface area contributed by atoms with Crippen LogP contribution in [0, 0.1) is 0 Å². The Labute approximate surface area is 86.3 Å². The molecule has 0 unspecified atom stereocenters. The summed E-state index contributed by atoms with van der Waals surface area (Å²) in [5.41, 5.74) is 0.902. The first kappa shape index (κ1) is 12.0. The van der Waals surface area contributed by atoms with Gasteiger partial charge in [-0.3, -0.25) is 4.68 Å². The zero-order valence-corrected chi connectivity index (χ0v) is 8.51. The standard InChI is InChI=1S/C9H14F3N3/c1-2-15-8(3-5-14-15)7-13-6-4-9(10,11)12/h3,5,13H,2,4,6-7H2,1H3. The van der Waals surface area contributed by atoms with Crippen molar-refractivity contribution < 1.29 is 13.2 Å². The molecule has 0 atom stereocenters. The van der Waals surface area contributed by atoms with E-state index in [0.29, 0.717) is 6.54 Å². The van der Waals surface area contributed by atoms with E-state index >= 15 is 0 Å². The number of rotatable bonds is 5. The topological polar surface area (TPSA) is 29.9 Å². The smallest absolute Gasteiger partial charge is 0.311 e. The van der Waals surface area contributed by atoms with Crippen molar-refractivity contribution in [1.29, 1.82) is 0 Å². The summed E-state index contributed by atoms with van der Waals surface area (Å²) < 4.78 is 37.2. The number of halogens is 3. The fraction of sp³-hybridized carbons (Fsp3) is 0.667. The average molecular weight is 221 g/mol. The maximum atomic E-state index is 11.8. The third kappa shape index (κ3) is 4.33. The molecule has 0 spiro atoms. The molecule has 15 heavy (non-hydrogen) atoms. The Balaban J connectivity index is 2.26. The summed E-state index contributed by atoms with van der Waals surface area (Å²) in [5, 5.41) is 6.75. The van der Waals surface area contributed by atoms with Crippen LogP contribution < -0.4 is 5.32 Å². The van der Waals surface area contributed by atoms with E-state index in [9.17, 15) is 13.2 Å². The second kappa shape index (κ2) is 5.16. The number of nitrogens with one attached hydrogen (secondary N) is 1. The molecule has 1 heterocycles. The second-order valence-electron chi connectivity index (χ2n) is 3.18. The van der Waals surface area contributed by atoms with E-state index in [1.54, 1.807) is 16.9 Å². The summed E-state index contributed by atoms with van der Waals surface area (Å²) in [4.78, 5) is 0. The first-order valence-corrected chi connectivity index (χ1v) is 4.81. The Morgan fingerprint density at radius 1 is 1.47 bits per heavy atom. The van der Waals surface area contributed by atoms with Crippen LogP contribution in [0.1, 0.15) is 19.0 Å². The maximum absolute atomic E-state index is 11.8. The zero-order valence-electron chi connectivity index (χ0n) is 8.51. The monoisotopic (exact) mass is 221 g/mol. The molecule has 0 saturated carbocycles. The first-order valence-electron chi connectivity index (χ1n) is 4.81. The molecule has 6 heteroatoms. The molecule has 0 aromatic carbocycles.